The number of hydrogen-bond acceptors (Lipinski definition) is 1. The molecule has 11 rings (SSSR count). The number of nitrogens with zero attached hydrogens (tertiary/aromatic N) is 1. The Morgan fingerprint density at radius 3 is 0.966 bits per heavy atom. The minimum Gasteiger partial charge on any atom is -0.310 e. The molecule has 1 nitrogen and oxygen atoms in total. The molecule has 9 aromatic carbocycles. The molecule has 0 atom stereocenters. The third-order valence-corrected chi connectivity index (χ3v) is 12.5. The van der Waals surface area contributed by atoms with Gasteiger partial charge in [-0.25, -0.2) is 4.39 Å². The van der Waals surface area contributed by atoms with E-state index in [0.717, 1.165) is 17.1 Å². The lowest BCUT2D eigenvalue weighted by Gasteiger charge is -2.36. The Kier molecular flexibility index (Phi) is 7.87. The van der Waals surface area contributed by atoms with Gasteiger partial charge in [0.15, 0.2) is 0 Å². The zero-order valence-corrected chi connectivity index (χ0v) is 31.8. The van der Waals surface area contributed by atoms with Crippen molar-refractivity contribution < 1.29 is 4.39 Å². The van der Waals surface area contributed by atoms with Crippen molar-refractivity contribution in [3.63, 3.8) is 0 Å². The highest BCUT2D eigenvalue weighted by Crippen LogP contribution is 2.59. The van der Waals surface area contributed by atoms with Crippen LogP contribution in [0.3, 0.4) is 0 Å². The van der Waals surface area contributed by atoms with Gasteiger partial charge in [0.25, 0.3) is 0 Å². The maximum Gasteiger partial charge on any atom is 0.123 e. The molecule has 9 aromatic rings. The molecule has 274 valence electrons. The normalized spacial score (nSPS) is 13.9. The molecule has 0 saturated carbocycles. The summed E-state index contributed by atoms with van der Waals surface area (Å²) in [6, 6.07) is 81.9. The summed E-state index contributed by atoms with van der Waals surface area (Å²) in [6.07, 6.45) is 0. The Morgan fingerprint density at radius 2 is 0.586 bits per heavy atom. The van der Waals surface area contributed by atoms with Crippen molar-refractivity contribution in [1.82, 2.24) is 0 Å². The quantitative estimate of drug-likeness (QED) is 0.157. The van der Waals surface area contributed by atoms with Gasteiger partial charge < -0.3 is 4.90 Å². The third-order valence-electron chi connectivity index (χ3n) is 12.5. The summed E-state index contributed by atoms with van der Waals surface area (Å²) in [5.74, 6) is -0.267. The van der Waals surface area contributed by atoms with Gasteiger partial charge in [-0.05, 0) is 115 Å². The van der Waals surface area contributed by atoms with Gasteiger partial charge >= 0.3 is 0 Å². The number of anilines is 3. The van der Waals surface area contributed by atoms with Crippen LogP contribution in [0.4, 0.5) is 21.5 Å². The molecule has 0 N–H and O–H groups in total. The molecule has 0 spiro atoms. The Hall–Kier alpha value is -7.29. The SMILES string of the molecule is Fc1ccc(N(c2ccc3c(c2)C(c2ccccc2)(c2ccccc2)c2ccccc2-3)c2ccc3c(c2)C(c2ccccc2)(c2ccccc2)c2ccccc2-3)cc1. The Balaban J connectivity index is 1.19. The van der Waals surface area contributed by atoms with Gasteiger partial charge in [-0.1, -0.05) is 182 Å². The minimum atomic E-state index is -0.561. The average molecular weight is 744 g/mol. The summed E-state index contributed by atoms with van der Waals surface area (Å²) in [5, 5.41) is 0. The first-order chi connectivity index (χ1) is 28.7. The van der Waals surface area contributed by atoms with Gasteiger partial charge in [-0.15, -0.1) is 0 Å². The van der Waals surface area contributed by atoms with Crippen LogP contribution in [0.2, 0.25) is 0 Å². The van der Waals surface area contributed by atoms with E-state index in [-0.39, 0.29) is 5.82 Å². The van der Waals surface area contributed by atoms with E-state index in [4.69, 9.17) is 0 Å². The topological polar surface area (TPSA) is 3.24 Å². The van der Waals surface area contributed by atoms with Crippen LogP contribution >= 0.6 is 0 Å². The second kappa shape index (κ2) is 13.4. The van der Waals surface area contributed by atoms with Crippen molar-refractivity contribution in [1.29, 1.82) is 0 Å². The number of rotatable bonds is 7. The van der Waals surface area contributed by atoms with Crippen LogP contribution in [0.15, 0.2) is 231 Å². The van der Waals surface area contributed by atoms with E-state index in [2.05, 4.69) is 211 Å². The molecule has 0 aliphatic heterocycles. The molecule has 0 unspecified atom stereocenters. The maximum atomic E-state index is 14.8. The zero-order chi connectivity index (χ0) is 38.7. The van der Waals surface area contributed by atoms with Crippen LogP contribution in [0.5, 0.6) is 0 Å². The highest BCUT2D eigenvalue weighted by Gasteiger charge is 2.48. The van der Waals surface area contributed by atoms with E-state index in [1.54, 1.807) is 12.1 Å². The Morgan fingerprint density at radius 1 is 0.276 bits per heavy atom. The van der Waals surface area contributed by atoms with E-state index in [0.29, 0.717) is 0 Å². The first-order valence-electron chi connectivity index (χ1n) is 20.0. The van der Waals surface area contributed by atoms with Crippen LogP contribution in [-0.2, 0) is 10.8 Å². The monoisotopic (exact) mass is 743 g/mol. The van der Waals surface area contributed by atoms with Crippen LogP contribution in [0.25, 0.3) is 22.3 Å². The molecule has 2 heteroatoms. The maximum absolute atomic E-state index is 14.8. The molecular formula is C56H38FN. The fourth-order valence-electron chi connectivity index (χ4n) is 10.2. The molecule has 2 aliphatic carbocycles. The van der Waals surface area contributed by atoms with Crippen molar-refractivity contribution >= 4 is 17.1 Å². The van der Waals surface area contributed by atoms with Crippen LogP contribution in [0, 0.1) is 5.82 Å². The predicted octanol–water partition coefficient (Wildman–Crippen LogP) is 14.0. The summed E-state index contributed by atoms with van der Waals surface area (Å²) < 4.78 is 14.8. The molecule has 0 bridgehead atoms. The van der Waals surface area contributed by atoms with Gasteiger partial charge in [-0.2, -0.15) is 0 Å². The number of hydrogen-bond donors (Lipinski definition) is 0. The minimum absolute atomic E-state index is 0.267. The number of benzene rings is 9. The zero-order valence-electron chi connectivity index (χ0n) is 31.8. The average Bonchev–Trinajstić information content (AvgIpc) is 3.76. The first kappa shape index (κ1) is 34.0. The number of halogens is 1. The summed E-state index contributed by atoms with van der Waals surface area (Å²) in [7, 11) is 0. The summed E-state index contributed by atoms with van der Waals surface area (Å²) in [4.78, 5) is 2.30. The molecule has 0 radical (unpaired) electrons. The predicted molar refractivity (Wildman–Crippen MR) is 236 cm³/mol. The molecule has 0 heterocycles. The van der Waals surface area contributed by atoms with E-state index >= 15 is 0 Å². The summed E-state index contributed by atoms with van der Waals surface area (Å²) in [6.45, 7) is 0. The van der Waals surface area contributed by atoms with Crippen molar-refractivity contribution in [3.05, 3.63) is 281 Å². The molecule has 58 heavy (non-hydrogen) atoms. The Labute approximate surface area is 339 Å². The van der Waals surface area contributed by atoms with E-state index in [1.165, 1.54) is 66.8 Å². The van der Waals surface area contributed by atoms with Gasteiger partial charge in [0.2, 0.25) is 0 Å². The van der Waals surface area contributed by atoms with Crippen molar-refractivity contribution in [2.45, 2.75) is 10.8 Å². The Bertz CT molecular complexity index is 2680. The molecule has 0 amide bonds. The van der Waals surface area contributed by atoms with Gasteiger partial charge in [0, 0.05) is 17.1 Å². The molecular weight excluding hydrogens is 706 g/mol. The van der Waals surface area contributed by atoms with Gasteiger partial charge in [0.05, 0.1) is 10.8 Å². The van der Waals surface area contributed by atoms with Crippen molar-refractivity contribution in [2.75, 3.05) is 4.90 Å². The van der Waals surface area contributed by atoms with Crippen LogP contribution in [0.1, 0.15) is 44.5 Å². The molecule has 0 aromatic heterocycles. The highest BCUT2D eigenvalue weighted by atomic mass is 19.1. The van der Waals surface area contributed by atoms with Gasteiger partial charge in [-0.3, -0.25) is 0 Å². The standard InChI is InChI=1S/C56H38FN/c57-43-29-31-44(32-30-43)58(45-33-35-49-47-25-13-15-27-51(47)55(53(49)37-45,39-17-5-1-6-18-39)40-19-7-2-8-20-40)46-34-36-50-48-26-14-16-28-52(48)56(54(50)38-46,41-21-9-3-10-22-41)42-23-11-4-12-24-42/h1-38H. The van der Waals surface area contributed by atoms with Crippen LogP contribution in [-0.4, -0.2) is 0 Å². The van der Waals surface area contributed by atoms with Gasteiger partial charge in [0.1, 0.15) is 5.82 Å². The smallest absolute Gasteiger partial charge is 0.123 e. The van der Waals surface area contributed by atoms with E-state index < -0.39 is 10.8 Å². The lowest BCUT2D eigenvalue weighted by atomic mass is 9.67. The fraction of sp³-hybridized carbons (Fsp3) is 0.0357. The lowest BCUT2D eigenvalue weighted by molar-refractivity contribution is 0.628. The largest absolute Gasteiger partial charge is 0.310 e. The fourth-order valence-corrected chi connectivity index (χ4v) is 10.2. The van der Waals surface area contributed by atoms with Crippen molar-refractivity contribution in [3.8, 4) is 22.3 Å². The lowest BCUT2D eigenvalue weighted by Crippen LogP contribution is -2.29. The first-order valence-corrected chi connectivity index (χ1v) is 20.0. The second-order valence-corrected chi connectivity index (χ2v) is 15.3. The summed E-state index contributed by atoms with van der Waals surface area (Å²) in [5.41, 5.74) is 16.4. The molecule has 0 saturated heterocycles. The molecule has 0 fully saturated rings. The van der Waals surface area contributed by atoms with E-state index in [1.807, 2.05) is 12.1 Å². The van der Waals surface area contributed by atoms with E-state index in [9.17, 15) is 4.39 Å². The second-order valence-electron chi connectivity index (χ2n) is 15.3. The molecule has 2 aliphatic rings. The highest BCUT2D eigenvalue weighted by molar-refractivity contribution is 5.92. The summed E-state index contributed by atoms with van der Waals surface area (Å²) >= 11 is 0. The number of fused-ring (bicyclic) bond motifs is 6. The third kappa shape index (κ3) is 4.88. The van der Waals surface area contributed by atoms with Crippen molar-refractivity contribution in [2.24, 2.45) is 0 Å². The van der Waals surface area contributed by atoms with Crippen LogP contribution < -0.4 is 4.90 Å².